The molecular formula is C18H14ClFN4O. The summed E-state index contributed by atoms with van der Waals surface area (Å²) < 4.78 is 12.9. The second kappa shape index (κ2) is 7.27. The molecule has 0 fully saturated rings. The zero-order chi connectivity index (χ0) is 17.8. The van der Waals surface area contributed by atoms with Crippen LogP contribution in [0, 0.1) is 12.7 Å². The van der Waals surface area contributed by atoms with Gasteiger partial charge in [0.2, 0.25) is 0 Å². The lowest BCUT2D eigenvalue weighted by Crippen LogP contribution is -2.13. The minimum atomic E-state index is -0.400. The summed E-state index contributed by atoms with van der Waals surface area (Å²) in [5.41, 5.74) is 2.17. The molecule has 126 valence electrons. The van der Waals surface area contributed by atoms with Crippen LogP contribution in [0.2, 0.25) is 5.02 Å². The van der Waals surface area contributed by atoms with E-state index in [1.54, 1.807) is 18.2 Å². The van der Waals surface area contributed by atoms with Gasteiger partial charge in [0.05, 0.1) is 0 Å². The van der Waals surface area contributed by atoms with Crippen molar-refractivity contribution >= 4 is 34.8 Å². The maximum absolute atomic E-state index is 12.9. The van der Waals surface area contributed by atoms with E-state index >= 15 is 0 Å². The first-order valence-corrected chi connectivity index (χ1v) is 7.83. The van der Waals surface area contributed by atoms with Crippen molar-refractivity contribution in [3.63, 3.8) is 0 Å². The van der Waals surface area contributed by atoms with Gasteiger partial charge in [-0.15, -0.1) is 10.2 Å². The number of nitrogens with one attached hydrogen (secondary N) is 2. The van der Waals surface area contributed by atoms with Crippen LogP contribution in [-0.4, -0.2) is 16.1 Å². The van der Waals surface area contributed by atoms with Gasteiger partial charge < -0.3 is 10.6 Å². The maximum atomic E-state index is 12.9. The SMILES string of the molecule is Cc1ccc(Cl)cc1Nc1ccc(NC(=O)c2ccc(F)cc2)nn1. The third-order valence-corrected chi connectivity index (χ3v) is 3.71. The molecule has 0 spiro atoms. The first-order valence-electron chi connectivity index (χ1n) is 7.45. The predicted octanol–water partition coefficient (Wildman–Crippen LogP) is 4.57. The largest absolute Gasteiger partial charge is 0.338 e. The summed E-state index contributed by atoms with van der Waals surface area (Å²) >= 11 is 5.99. The van der Waals surface area contributed by atoms with E-state index in [1.807, 2.05) is 19.1 Å². The van der Waals surface area contributed by atoms with Gasteiger partial charge >= 0.3 is 0 Å². The second-order valence-electron chi connectivity index (χ2n) is 5.35. The highest BCUT2D eigenvalue weighted by atomic mass is 35.5. The van der Waals surface area contributed by atoms with Gasteiger partial charge in [0.1, 0.15) is 5.82 Å². The number of aryl methyl sites for hydroxylation is 1. The van der Waals surface area contributed by atoms with Crippen molar-refractivity contribution in [2.24, 2.45) is 0 Å². The topological polar surface area (TPSA) is 66.9 Å². The summed E-state index contributed by atoms with van der Waals surface area (Å²) in [4.78, 5) is 12.1. The van der Waals surface area contributed by atoms with E-state index in [9.17, 15) is 9.18 Å². The van der Waals surface area contributed by atoms with Crippen LogP contribution in [0.15, 0.2) is 54.6 Å². The highest BCUT2D eigenvalue weighted by Gasteiger charge is 2.08. The number of nitrogens with zero attached hydrogens (tertiary/aromatic N) is 2. The number of carbonyl (C=O) groups is 1. The van der Waals surface area contributed by atoms with Gasteiger partial charge in [-0.2, -0.15) is 0 Å². The Kier molecular flexibility index (Phi) is 4.90. The minimum Gasteiger partial charge on any atom is -0.338 e. The Morgan fingerprint density at radius 3 is 2.36 bits per heavy atom. The van der Waals surface area contributed by atoms with Gasteiger partial charge in [-0.25, -0.2) is 4.39 Å². The number of carbonyl (C=O) groups excluding carboxylic acids is 1. The molecule has 0 radical (unpaired) electrons. The molecule has 0 atom stereocenters. The van der Waals surface area contributed by atoms with E-state index in [-0.39, 0.29) is 5.91 Å². The van der Waals surface area contributed by atoms with E-state index < -0.39 is 5.82 Å². The van der Waals surface area contributed by atoms with Crippen LogP contribution >= 0.6 is 11.6 Å². The summed E-state index contributed by atoms with van der Waals surface area (Å²) in [6.45, 7) is 1.95. The lowest BCUT2D eigenvalue weighted by Gasteiger charge is -2.09. The number of aromatic nitrogens is 2. The van der Waals surface area contributed by atoms with Crippen molar-refractivity contribution in [3.05, 3.63) is 76.6 Å². The molecule has 1 aromatic heterocycles. The molecule has 1 heterocycles. The molecule has 0 aliphatic rings. The average Bonchev–Trinajstić information content (AvgIpc) is 2.60. The fraction of sp³-hybridized carbons (Fsp3) is 0.0556. The van der Waals surface area contributed by atoms with Crippen molar-refractivity contribution in [1.82, 2.24) is 10.2 Å². The van der Waals surface area contributed by atoms with Crippen LogP contribution < -0.4 is 10.6 Å². The molecule has 5 nitrogen and oxygen atoms in total. The normalized spacial score (nSPS) is 10.4. The monoisotopic (exact) mass is 356 g/mol. The minimum absolute atomic E-state index is 0.294. The third-order valence-electron chi connectivity index (χ3n) is 3.47. The first-order chi connectivity index (χ1) is 12.0. The molecule has 0 aliphatic heterocycles. The average molecular weight is 357 g/mol. The zero-order valence-electron chi connectivity index (χ0n) is 13.3. The number of hydrogen-bond acceptors (Lipinski definition) is 4. The number of hydrogen-bond donors (Lipinski definition) is 2. The Morgan fingerprint density at radius 1 is 1.00 bits per heavy atom. The molecule has 3 rings (SSSR count). The number of benzene rings is 2. The molecule has 25 heavy (non-hydrogen) atoms. The molecule has 2 aromatic carbocycles. The number of anilines is 3. The molecule has 2 N–H and O–H groups in total. The molecule has 7 heteroatoms. The Labute approximate surface area is 148 Å². The van der Waals surface area contributed by atoms with Gasteiger partial charge in [0.25, 0.3) is 5.91 Å². The van der Waals surface area contributed by atoms with Crippen LogP contribution in [0.1, 0.15) is 15.9 Å². The Hall–Kier alpha value is -2.99. The van der Waals surface area contributed by atoms with Crippen molar-refractivity contribution in [1.29, 1.82) is 0 Å². The van der Waals surface area contributed by atoms with E-state index in [2.05, 4.69) is 20.8 Å². The Morgan fingerprint density at radius 2 is 1.68 bits per heavy atom. The fourth-order valence-electron chi connectivity index (χ4n) is 2.12. The highest BCUT2D eigenvalue weighted by Crippen LogP contribution is 2.23. The standard InChI is InChI=1S/C18H14ClFN4O/c1-11-2-5-13(19)10-15(11)21-16-8-9-17(24-23-16)22-18(25)12-3-6-14(20)7-4-12/h2-10H,1H3,(H,21,23)(H,22,24,25). The van der Waals surface area contributed by atoms with E-state index in [1.165, 1.54) is 24.3 Å². The molecule has 0 saturated heterocycles. The zero-order valence-corrected chi connectivity index (χ0v) is 14.0. The maximum Gasteiger partial charge on any atom is 0.256 e. The first kappa shape index (κ1) is 16.9. The Bertz CT molecular complexity index is 898. The Balaban J connectivity index is 1.68. The lowest BCUT2D eigenvalue weighted by molar-refractivity contribution is 0.102. The summed E-state index contributed by atoms with van der Waals surface area (Å²) in [6, 6.07) is 14.1. The van der Waals surface area contributed by atoms with E-state index in [0.29, 0.717) is 22.2 Å². The van der Waals surface area contributed by atoms with Gasteiger partial charge in [-0.05, 0) is 61.0 Å². The number of halogens is 2. The summed E-state index contributed by atoms with van der Waals surface area (Å²) in [5.74, 6) is 0.0246. The van der Waals surface area contributed by atoms with E-state index in [0.717, 1.165) is 11.3 Å². The second-order valence-corrected chi connectivity index (χ2v) is 5.79. The fourth-order valence-corrected chi connectivity index (χ4v) is 2.29. The van der Waals surface area contributed by atoms with Crippen molar-refractivity contribution < 1.29 is 9.18 Å². The van der Waals surface area contributed by atoms with Crippen molar-refractivity contribution in [3.8, 4) is 0 Å². The molecule has 0 aliphatic carbocycles. The number of rotatable bonds is 4. The molecule has 0 saturated carbocycles. The van der Waals surface area contributed by atoms with Crippen LogP contribution in [0.5, 0.6) is 0 Å². The molecule has 0 unspecified atom stereocenters. The van der Waals surface area contributed by atoms with Crippen molar-refractivity contribution in [2.75, 3.05) is 10.6 Å². The van der Waals surface area contributed by atoms with E-state index in [4.69, 9.17) is 11.6 Å². The molecular weight excluding hydrogens is 343 g/mol. The molecule has 1 amide bonds. The summed E-state index contributed by atoms with van der Waals surface area (Å²) in [6.07, 6.45) is 0. The third kappa shape index (κ3) is 4.30. The van der Waals surface area contributed by atoms with Gasteiger partial charge in [0, 0.05) is 16.3 Å². The van der Waals surface area contributed by atoms with Crippen LogP contribution in [0.4, 0.5) is 21.7 Å². The number of amides is 1. The van der Waals surface area contributed by atoms with Crippen molar-refractivity contribution in [2.45, 2.75) is 6.92 Å². The van der Waals surface area contributed by atoms with Gasteiger partial charge in [0.15, 0.2) is 11.6 Å². The van der Waals surface area contributed by atoms with Crippen LogP contribution in [0.25, 0.3) is 0 Å². The van der Waals surface area contributed by atoms with Crippen LogP contribution in [0.3, 0.4) is 0 Å². The molecule has 0 bridgehead atoms. The predicted molar refractivity (Wildman–Crippen MR) is 95.9 cm³/mol. The highest BCUT2D eigenvalue weighted by molar-refractivity contribution is 6.30. The van der Waals surface area contributed by atoms with Gasteiger partial charge in [-0.1, -0.05) is 17.7 Å². The van der Waals surface area contributed by atoms with Gasteiger partial charge in [-0.3, -0.25) is 4.79 Å². The lowest BCUT2D eigenvalue weighted by atomic mass is 10.2. The molecule has 3 aromatic rings. The van der Waals surface area contributed by atoms with Crippen LogP contribution in [-0.2, 0) is 0 Å². The summed E-state index contributed by atoms with van der Waals surface area (Å²) in [7, 11) is 0. The summed E-state index contributed by atoms with van der Waals surface area (Å²) in [5, 5.41) is 14.3. The smallest absolute Gasteiger partial charge is 0.256 e. The quantitative estimate of drug-likeness (QED) is 0.718.